The van der Waals surface area contributed by atoms with Gasteiger partial charge < -0.3 is 15.4 Å². The number of carbonyl (C=O) groups is 1. The molecule has 134 valence electrons. The Bertz CT molecular complexity index is 737. The van der Waals surface area contributed by atoms with Crippen LogP contribution in [0.5, 0.6) is 5.88 Å². The van der Waals surface area contributed by atoms with Gasteiger partial charge in [0.05, 0.1) is 0 Å². The minimum Gasteiger partial charge on any atom is -0.473 e. The van der Waals surface area contributed by atoms with Crippen molar-refractivity contribution in [1.82, 2.24) is 19.9 Å². The Morgan fingerprint density at radius 2 is 2.28 bits per heavy atom. The average Bonchev–Trinajstić information content (AvgIpc) is 3.14. The molecule has 1 aliphatic rings. The maximum Gasteiger partial charge on any atom is 0.223 e. The largest absolute Gasteiger partial charge is 0.473 e. The Hall–Kier alpha value is -2.26. The van der Waals surface area contributed by atoms with Gasteiger partial charge >= 0.3 is 0 Å². The van der Waals surface area contributed by atoms with Crippen LogP contribution in [0.3, 0.4) is 0 Å². The molecule has 1 saturated heterocycles. The van der Waals surface area contributed by atoms with E-state index in [0.29, 0.717) is 17.1 Å². The fourth-order valence-corrected chi connectivity index (χ4v) is 3.74. The van der Waals surface area contributed by atoms with E-state index in [1.165, 1.54) is 24.6 Å². The van der Waals surface area contributed by atoms with Crippen LogP contribution in [-0.4, -0.2) is 51.5 Å². The molecule has 0 spiro atoms. The van der Waals surface area contributed by atoms with Gasteiger partial charge in [-0.2, -0.15) is 0 Å². The van der Waals surface area contributed by atoms with Crippen molar-refractivity contribution in [3.05, 3.63) is 23.5 Å². The van der Waals surface area contributed by atoms with E-state index in [0.717, 1.165) is 30.2 Å². The topological polar surface area (TPSA) is 92.3 Å². The number of nitrogens with one attached hydrogen (secondary N) is 2. The lowest BCUT2D eigenvalue weighted by Gasteiger charge is -2.19. The normalized spacial score (nSPS) is 20.4. The van der Waals surface area contributed by atoms with Crippen LogP contribution in [0, 0.1) is 0 Å². The zero-order valence-corrected chi connectivity index (χ0v) is 15.3. The van der Waals surface area contributed by atoms with Gasteiger partial charge in [-0.25, -0.2) is 15.0 Å². The molecule has 8 nitrogen and oxygen atoms in total. The SMILES string of the molecule is CNc1cc(O[C@@H]2C[C@H](C)N(Cc3cnc(NC(C)=O)s3)C2)ncn1. The van der Waals surface area contributed by atoms with Crippen molar-refractivity contribution < 1.29 is 9.53 Å². The number of hydrogen-bond acceptors (Lipinski definition) is 8. The van der Waals surface area contributed by atoms with Crippen LogP contribution in [-0.2, 0) is 11.3 Å². The Balaban J connectivity index is 1.57. The number of amides is 1. The summed E-state index contributed by atoms with van der Waals surface area (Å²) in [5, 5.41) is 6.34. The summed E-state index contributed by atoms with van der Waals surface area (Å²) in [5.41, 5.74) is 0. The van der Waals surface area contributed by atoms with Crippen LogP contribution >= 0.6 is 11.3 Å². The van der Waals surface area contributed by atoms with Crippen LogP contribution in [0.4, 0.5) is 10.9 Å². The van der Waals surface area contributed by atoms with Crippen LogP contribution in [0.2, 0.25) is 0 Å². The van der Waals surface area contributed by atoms with Gasteiger partial charge in [-0.3, -0.25) is 9.69 Å². The number of carbonyl (C=O) groups excluding carboxylic acids is 1. The van der Waals surface area contributed by atoms with E-state index in [2.05, 4.69) is 37.4 Å². The number of nitrogens with zero attached hydrogens (tertiary/aromatic N) is 4. The molecule has 2 N–H and O–H groups in total. The summed E-state index contributed by atoms with van der Waals surface area (Å²) >= 11 is 1.51. The molecule has 2 aromatic rings. The molecule has 2 aromatic heterocycles. The third-order valence-corrected chi connectivity index (χ3v) is 4.94. The maximum atomic E-state index is 11.1. The molecule has 1 amide bonds. The highest BCUT2D eigenvalue weighted by Gasteiger charge is 2.31. The maximum absolute atomic E-state index is 11.1. The summed E-state index contributed by atoms with van der Waals surface area (Å²) in [6.07, 6.45) is 4.35. The Morgan fingerprint density at radius 3 is 3.04 bits per heavy atom. The number of aromatic nitrogens is 3. The van der Waals surface area contributed by atoms with Gasteiger partial charge in [0.15, 0.2) is 5.13 Å². The lowest BCUT2D eigenvalue weighted by atomic mass is 10.2. The molecule has 25 heavy (non-hydrogen) atoms. The fourth-order valence-electron chi connectivity index (χ4n) is 2.85. The smallest absolute Gasteiger partial charge is 0.223 e. The van der Waals surface area contributed by atoms with E-state index >= 15 is 0 Å². The number of thiazole rings is 1. The molecule has 9 heteroatoms. The third kappa shape index (κ3) is 4.64. The van der Waals surface area contributed by atoms with Gasteiger partial charge in [0.2, 0.25) is 11.8 Å². The molecule has 0 aromatic carbocycles. The average molecular weight is 362 g/mol. The fraction of sp³-hybridized carbons (Fsp3) is 0.500. The third-order valence-electron chi connectivity index (χ3n) is 4.05. The summed E-state index contributed by atoms with van der Waals surface area (Å²) in [6, 6.07) is 2.21. The van der Waals surface area contributed by atoms with E-state index in [1.807, 2.05) is 13.2 Å². The minimum atomic E-state index is -0.102. The van der Waals surface area contributed by atoms with Crippen LogP contribution in [0.15, 0.2) is 18.6 Å². The van der Waals surface area contributed by atoms with Crippen molar-refractivity contribution in [2.75, 3.05) is 24.2 Å². The quantitative estimate of drug-likeness (QED) is 0.811. The summed E-state index contributed by atoms with van der Waals surface area (Å²) in [6.45, 7) is 5.30. The first-order valence-corrected chi connectivity index (χ1v) is 8.98. The highest BCUT2D eigenvalue weighted by atomic mass is 32.1. The van der Waals surface area contributed by atoms with Crippen molar-refractivity contribution in [3.8, 4) is 5.88 Å². The number of hydrogen-bond donors (Lipinski definition) is 2. The number of ether oxygens (including phenoxy) is 1. The monoisotopic (exact) mass is 362 g/mol. The molecular weight excluding hydrogens is 340 g/mol. The van der Waals surface area contributed by atoms with Gasteiger partial charge in [0.1, 0.15) is 18.2 Å². The van der Waals surface area contributed by atoms with Gasteiger partial charge in [0, 0.05) is 56.7 Å². The van der Waals surface area contributed by atoms with Crippen LogP contribution < -0.4 is 15.4 Å². The zero-order valence-electron chi connectivity index (χ0n) is 14.5. The highest BCUT2D eigenvalue weighted by molar-refractivity contribution is 7.15. The Morgan fingerprint density at radius 1 is 1.44 bits per heavy atom. The number of likely N-dealkylation sites (tertiary alicyclic amines) is 1. The van der Waals surface area contributed by atoms with Crippen molar-refractivity contribution in [3.63, 3.8) is 0 Å². The second-order valence-electron chi connectivity index (χ2n) is 6.06. The predicted molar refractivity (Wildman–Crippen MR) is 96.9 cm³/mol. The summed E-state index contributed by atoms with van der Waals surface area (Å²) in [5.74, 6) is 1.22. The minimum absolute atomic E-state index is 0.0948. The summed E-state index contributed by atoms with van der Waals surface area (Å²) in [7, 11) is 1.82. The first kappa shape index (κ1) is 17.6. The molecule has 3 heterocycles. The van der Waals surface area contributed by atoms with Gasteiger partial charge in [-0.05, 0) is 6.92 Å². The van der Waals surface area contributed by atoms with Crippen LogP contribution in [0.25, 0.3) is 0 Å². The first-order chi connectivity index (χ1) is 12.0. The van der Waals surface area contributed by atoms with Gasteiger partial charge in [-0.15, -0.1) is 11.3 Å². The molecule has 0 saturated carbocycles. The highest BCUT2D eigenvalue weighted by Crippen LogP contribution is 2.27. The van der Waals surface area contributed by atoms with E-state index in [4.69, 9.17) is 4.74 Å². The van der Waals surface area contributed by atoms with Crippen molar-refractivity contribution in [1.29, 1.82) is 0 Å². The second kappa shape index (κ2) is 7.75. The molecule has 1 aliphatic heterocycles. The second-order valence-corrected chi connectivity index (χ2v) is 7.17. The molecule has 0 aliphatic carbocycles. The standard InChI is InChI=1S/C16H22N6O2S/c1-10-4-12(24-15-5-14(17-3)19-9-20-15)7-22(10)8-13-6-18-16(25-13)21-11(2)23/h5-6,9-10,12H,4,7-8H2,1-3H3,(H,17,19,20)(H,18,21,23)/t10-,12+/m0/s1. The number of rotatable bonds is 6. The predicted octanol–water partition coefficient (Wildman–Crippen LogP) is 1.97. The molecule has 1 fully saturated rings. The van der Waals surface area contributed by atoms with Gasteiger partial charge in [0.25, 0.3) is 0 Å². The molecule has 0 bridgehead atoms. The lowest BCUT2D eigenvalue weighted by molar-refractivity contribution is -0.114. The molecule has 0 radical (unpaired) electrons. The van der Waals surface area contributed by atoms with E-state index in [-0.39, 0.29) is 12.0 Å². The van der Waals surface area contributed by atoms with E-state index in [1.54, 1.807) is 6.07 Å². The van der Waals surface area contributed by atoms with E-state index in [9.17, 15) is 4.79 Å². The van der Waals surface area contributed by atoms with Crippen molar-refractivity contribution in [2.24, 2.45) is 0 Å². The molecule has 2 atom stereocenters. The van der Waals surface area contributed by atoms with E-state index < -0.39 is 0 Å². The first-order valence-electron chi connectivity index (χ1n) is 8.16. The van der Waals surface area contributed by atoms with Crippen LogP contribution in [0.1, 0.15) is 25.1 Å². The lowest BCUT2D eigenvalue weighted by Crippen LogP contribution is -2.27. The van der Waals surface area contributed by atoms with Crippen molar-refractivity contribution >= 4 is 28.2 Å². The molecular formula is C16H22N6O2S. The Labute approximate surface area is 150 Å². The number of anilines is 2. The molecule has 3 rings (SSSR count). The summed E-state index contributed by atoms with van der Waals surface area (Å²) in [4.78, 5) is 27.1. The summed E-state index contributed by atoms with van der Waals surface area (Å²) < 4.78 is 6.01. The molecule has 0 unspecified atom stereocenters. The van der Waals surface area contributed by atoms with Crippen molar-refractivity contribution in [2.45, 2.75) is 39.0 Å². The zero-order chi connectivity index (χ0) is 17.8. The Kier molecular flexibility index (Phi) is 5.44. The van der Waals surface area contributed by atoms with Gasteiger partial charge in [-0.1, -0.05) is 0 Å².